The van der Waals surface area contributed by atoms with Crippen LogP contribution >= 0.6 is 0 Å². The molecule has 1 heterocycles. The Hall–Kier alpha value is -0.120. The number of aliphatic hydroxyl groups is 1. The highest BCUT2D eigenvalue weighted by Gasteiger charge is 2.32. The maximum atomic E-state index is 9.31. The van der Waals surface area contributed by atoms with Crippen molar-refractivity contribution in [1.29, 1.82) is 0 Å². The van der Waals surface area contributed by atoms with Crippen LogP contribution in [0.2, 0.25) is 0 Å². The predicted octanol–water partition coefficient (Wildman–Crippen LogP) is 1.11. The molecule has 1 aliphatic rings. The summed E-state index contributed by atoms with van der Waals surface area (Å²) >= 11 is 0. The van der Waals surface area contributed by atoms with E-state index in [2.05, 4.69) is 18.7 Å². The highest BCUT2D eigenvalue weighted by atomic mass is 16.5. The standard InChI is InChI=1S/C11H23NO2/c1-9-4-6-12(11(9)8-13)10(2)5-7-14-3/h9-11,13H,4-8H2,1-3H3. The van der Waals surface area contributed by atoms with E-state index in [-0.39, 0.29) is 0 Å². The monoisotopic (exact) mass is 201 g/mol. The normalized spacial score (nSPS) is 30.9. The number of nitrogens with zero attached hydrogens (tertiary/aromatic N) is 1. The molecule has 3 nitrogen and oxygen atoms in total. The zero-order valence-electron chi connectivity index (χ0n) is 9.57. The van der Waals surface area contributed by atoms with Gasteiger partial charge in [0.15, 0.2) is 0 Å². The largest absolute Gasteiger partial charge is 0.395 e. The summed E-state index contributed by atoms with van der Waals surface area (Å²) in [6.45, 7) is 6.67. The fourth-order valence-electron chi connectivity index (χ4n) is 2.32. The number of likely N-dealkylation sites (tertiary alicyclic amines) is 1. The van der Waals surface area contributed by atoms with Crippen LogP contribution in [-0.4, -0.2) is 49.0 Å². The summed E-state index contributed by atoms with van der Waals surface area (Å²) in [5.74, 6) is 0.630. The Bertz CT molecular complexity index is 163. The van der Waals surface area contributed by atoms with Crippen molar-refractivity contribution in [2.24, 2.45) is 5.92 Å². The maximum absolute atomic E-state index is 9.31. The third-order valence-electron chi connectivity index (χ3n) is 3.42. The first-order valence-electron chi connectivity index (χ1n) is 5.56. The molecule has 3 unspecified atom stereocenters. The van der Waals surface area contributed by atoms with Crippen molar-refractivity contribution in [3.8, 4) is 0 Å². The average Bonchev–Trinajstić information content (AvgIpc) is 2.55. The molecule has 1 fully saturated rings. The first-order chi connectivity index (χ1) is 6.70. The molecule has 3 atom stereocenters. The van der Waals surface area contributed by atoms with Crippen LogP contribution in [-0.2, 0) is 4.74 Å². The first kappa shape index (κ1) is 12.0. The lowest BCUT2D eigenvalue weighted by molar-refractivity contribution is 0.0875. The minimum Gasteiger partial charge on any atom is -0.395 e. The minimum absolute atomic E-state index is 0.290. The summed E-state index contributed by atoms with van der Waals surface area (Å²) in [5.41, 5.74) is 0. The average molecular weight is 201 g/mol. The maximum Gasteiger partial charge on any atom is 0.0589 e. The second-order valence-corrected chi connectivity index (χ2v) is 4.38. The molecule has 1 N–H and O–H groups in total. The van der Waals surface area contributed by atoms with Crippen molar-refractivity contribution in [3.63, 3.8) is 0 Å². The van der Waals surface area contributed by atoms with Crippen LogP contribution in [0, 0.1) is 5.92 Å². The molecule has 0 radical (unpaired) electrons. The summed E-state index contributed by atoms with van der Waals surface area (Å²) < 4.78 is 5.08. The van der Waals surface area contributed by atoms with Gasteiger partial charge in [0.1, 0.15) is 0 Å². The smallest absolute Gasteiger partial charge is 0.0589 e. The van der Waals surface area contributed by atoms with E-state index in [0.29, 0.717) is 24.6 Å². The number of methoxy groups -OCH3 is 1. The summed E-state index contributed by atoms with van der Waals surface area (Å²) in [6, 6.07) is 0.888. The van der Waals surface area contributed by atoms with Crippen LogP contribution in [0.15, 0.2) is 0 Å². The second-order valence-electron chi connectivity index (χ2n) is 4.38. The predicted molar refractivity (Wildman–Crippen MR) is 57.3 cm³/mol. The van der Waals surface area contributed by atoms with Crippen LogP contribution in [0.1, 0.15) is 26.7 Å². The van der Waals surface area contributed by atoms with Crippen molar-refractivity contribution < 1.29 is 9.84 Å². The molecule has 84 valence electrons. The SMILES string of the molecule is COCCC(C)N1CCC(C)C1CO. The molecule has 1 aliphatic heterocycles. The van der Waals surface area contributed by atoms with Crippen LogP contribution in [0.25, 0.3) is 0 Å². The Balaban J connectivity index is 2.42. The Morgan fingerprint density at radius 3 is 2.86 bits per heavy atom. The van der Waals surface area contributed by atoms with Gasteiger partial charge < -0.3 is 9.84 Å². The molecule has 0 bridgehead atoms. The molecule has 0 aromatic carbocycles. The number of aliphatic hydroxyl groups excluding tert-OH is 1. The van der Waals surface area contributed by atoms with Gasteiger partial charge in [0, 0.05) is 25.8 Å². The Labute approximate surface area is 87.1 Å². The number of hydrogen-bond donors (Lipinski definition) is 1. The zero-order valence-corrected chi connectivity index (χ0v) is 9.57. The Kier molecular flexibility index (Phi) is 4.85. The lowest BCUT2D eigenvalue weighted by Crippen LogP contribution is -2.41. The van der Waals surface area contributed by atoms with Crippen LogP contribution < -0.4 is 0 Å². The van der Waals surface area contributed by atoms with Crippen molar-refractivity contribution in [2.45, 2.75) is 38.8 Å². The van der Waals surface area contributed by atoms with Crippen LogP contribution in [0.3, 0.4) is 0 Å². The molecule has 3 heteroatoms. The molecule has 14 heavy (non-hydrogen) atoms. The van der Waals surface area contributed by atoms with E-state index in [1.165, 1.54) is 6.42 Å². The number of hydrogen-bond acceptors (Lipinski definition) is 3. The molecular weight excluding hydrogens is 178 g/mol. The van der Waals surface area contributed by atoms with E-state index in [9.17, 15) is 5.11 Å². The van der Waals surface area contributed by atoms with Gasteiger partial charge in [0.25, 0.3) is 0 Å². The van der Waals surface area contributed by atoms with E-state index in [1.54, 1.807) is 7.11 Å². The Morgan fingerprint density at radius 1 is 1.57 bits per heavy atom. The highest BCUT2D eigenvalue weighted by molar-refractivity contribution is 4.87. The summed E-state index contributed by atoms with van der Waals surface area (Å²) in [7, 11) is 1.74. The van der Waals surface area contributed by atoms with E-state index in [4.69, 9.17) is 4.74 Å². The van der Waals surface area contributed by atoms with E-state index < -0.39 is 0 Å². The van der Waals surface area contributed by atoms with Gasteiger partial charge >= 0.3 is 0 Å². The summed E-state index contributed by atoms with van der Waals surface area (Å²) in [4.78, 5) is 2.42. The molecule has 0 aromatic rings. The van der Waals surface area contributed by atoms with Gasteiger partial charge in [-0.05, 0) is 32.2 Å². The summed E-state index contributed by atoms with van der Waals surface area (Å²) in [5, 5.41) is 9.31. The van der Waals surface area contributed by atoms with Gasteiger partial charge in [-0.3, -0.25) is 4.90 Å². The molecule has 1 saturated heterocycles. The molecule has 0 spiro atoms. The lowest BCUT2D eigenvalue weighted by atomic mass is 10.0. The van der Waals surface area contributed by atoms with E-state index in [0.717, 1.165) is 19.6 Å². The van der Waals surface area contributed by atoms with Gasteiger partial charge in [-0.1, -0.05) is 6.92 Å². The third kappa shape index (κ3) is 2.69. The Morgan fingerprint density at radius 2 is 2.29 bits per heavy atom. The molecular formula is C11H23NO2. The van der Waals surface area contributed by atoms with Gasteiger partial charge in [-0.15, -0.1) is 0 Å². The van der Waals surface area contributed by atoms with E-state index in [1.807, 2.05) is 0 Å². The van der Waals surface area contributed by atoms with Crippen LogP contribution in [0.4, 0.5) is 0 Å². The first-order valence-corrected chi connectivity index (χ1v) is 5.56. The van der Waals surface area contributed by atoms with Crippen molar-refractivity contribution in [1.82, 2.24) is 4.90 Å². The second kappa shape index (κ2) is 5.69. The molecule has 0 saturated carbocycles. The van der Waals surface area contributed by atoms with Gasteiger partial charge in [0.05, 0.1) is 6.61 Å². The highest BCUT2D eigenvalue weighted by Crippen LogP contribution is 2.26. The lowest BCUT2D eigenvalue weighted by Gasteiger charge is -2.30. The zero-order chi connectivity index (χ0) is 10.6. The molecule has 0 aromatic heterocycles. The topological polar surface area (TPSA) is 32.7 Å². The molecule has 1 rings (SSSR count). The molecule has 0 aliphatic carbocycles. The van der Waals surface area contributed by atoms with Crippen molar-refractivity contribution in [3.05, 3.63) is 0 Å². The van der Waals surface area contributed by atoms with Gasteiger partial charge in [0.2, 0.25) is 0 Å². The van der Waals surface area contributed by atoms with Crippen LogP contribution in [0.5, 0.6) is 0 Å². The number of rotatable bonds is 5. The third-order valence-corrected chi connectivity index (χ3v) is 3.42. The summed E-state index contributed by atoms with van der Waals surface area (Å²) in [6.07, 6.45) is 2.27. The van der Waals surface area contributed by atoms with Crippen molar-refractivity contribution >= 4 is 0 Å². The molecule has 0 amide bonds. The van der Waals surface area contributed by atoms with Crippen molar-refractivity contribution in [2.75, 3.05) is 26.9 Å². The quantitative estimate of drug-likeness (QED) is 0.723. The van der Waals surface area contributed by atoms with Gasteiger partial charge in [-0.25, -0.2) is 0 Å². The van der Waals surface area contributed by atoms with E-state index >= 15 is 0 Å². The van der Waals surface area contributed by atoms with Gasteiger partial charge in [-0.2, -0.15) is 0 Å². The fraction of sp³-hybridized carbons (Fsp3) is 1.00. The minimum atomic E-state index is 0.290. The number of ether oxygens (including phenoxy) is 1. The fourth-order valence-corrected chi connectivity index (χ4v) is 2.32.